The molecule has 32 heavy (non-hydrogen) atoms. The van der Waals surface area contributed by atoms with Gasteiger partial charge in [0.25, 0.3) is 5.91 Å². The Kier molecular flexibility index (Phi) is 6.51. The number of fused-ring (bicyclic) bond motifs is 1. The highest BCUT2D eigenvalue weighted by Crippen LogP contribution is 2.23. The topological polar surface area (TPSA) is 78.5 Å². The van der Waals surface area contributed by atoms with Crippen LogP contribution in [-0.2, 0) is 6.42 Å². The van der Waals surface area contributed by atoms with E-state index in [0.29, 0.717) is 23.8 Å². The van der Waals surface area contributed by atoms with Crippen molar-refractivity contribution in [3.8, 4) is 5.75 Å². The Labute approximate surface area is 187 Å². The summed E-state index contributed by atoms with van der Waals surface area (Å²) in [6, 6.07) is 23.2. The minimum Gasteiger partial charge on any atom is -0.495 e. The number of methoxy groups -OCH3 is 1. The van der Waals surface area contributed by atoms with Crippen LogP contribution in [-0.4, -0.2) is 30.5 Å². The molecule has 0 unspecified atom stereocenters. The molecule has 3 aromatic carbocycles. The number of rotatable bonds is 6. The van der Waals surface area contributed by atoms with E-state index in [0.717, 1.165) is 23.2 Å². The fourth-order valence-corrected chi connectivity index (χ4v) is 3.61. The summed E-state index contributed by atoms with van der Waals surface area (Å²) in [5.74, 6) is 0.834. The predicted molar refractivity (Wildman–Crippen MR) is 130 cm³/mol. The zero-order valence-corrected chi connectivity index (χ0v) is 18.2. The molecular formula is C26H26N4O2. The number of anilines is 1. The Morgan fingerprint density at radius 2 is 1.75 bits per heavy atom. The first-order valence-corrected chi connectivity index (χ1v) is 10.5. The van der Waals surface area contributed by atoms with Crippen molar-refractivity contribution >= 4 is 28.5 Å². The monoisotopic (exact) mass is 426 g/mol. The van der Waals surface area contributed by atoms with E-state index in [1.54, 1.807) is 13.2 Å². The van der Waals surface area contributed by atoms with E-state index in [2.05, 4.69) is 32.7 Å². The number of para-hydroxylation sites is 3. The molecule has 0 spiro atoms. The minimum atomic E-state index is -0.212. The van der Waals surface area contributed by atoms with Crippen molar-refractivity contribution < 1.29 is 9.53 Å². The highest BCUT2D eigenvalue weighted by Gasteiger charge is 2.13. The molecule has 6 heteroatoms. The highest BCUT2D eigenvalue weighted by molar-refractivity contribution is 6.10. The van der Waals surface area contributed by atoms with Crippen molar-refractivity contribution in [3.05, 3.63) is 95.7 Å². The number of ether oxygens (including phenoxy) is 1. The number of carbonyl (C=O) groups is 1. The highest BCUT2D eigenvalue weighted by atomic mass is 16.5. The van der Waals surface area contributed by atoms with Gasteiger partial charge in [0, 0.05) is 29.2 Å². The van der Waals surface area contributed by atoms with Gasteiger partial charge in [-0.05, 0) is 48.7 Å². The first-order chi connectivity index (χ1) is 15.7. The van der Waals surface area contributed by atoms with Gasteiger partial charge < -0.3 is 15.0 Å². The summed E-state index contributed by atoms with van der Waals surface area (Å²) in [5, 5.41) is 7.33. The van der Waals surface area contributed by atoms with Gasteiger partial charge in [0.2, 0.25) is 5.96 Å². The van der Waals surface area contributed by atoms with Crippen molar-refractivity contribution in [1.82, 2.24) is 10.3 Å². The molecule has 3 N–H and O–H groups in total. The number of amides is 1. The maximum atomic E-state index is 12.9. The van der Waals surface area contributed by atoms with Crippen LogP contribution in [0.1, 0.15) is 21.5 Å². The number of hydrogen-bond acceptors (Lipinski definition) is 3. The number of aromatic amines is 1. The van der Waals surface area contributed by atoms with E-state index in [1.807, 2.05) is 67.7 Å². The largest absolute Gasteiger partial charge is 0.495 e. The van der Waals surface area contributed by atoms with Crippen LogP contribution < -0.4 is 15.4 Å². The van der Waals surface area contributed by atoms with Gasteiger partial charge in [0.15, 0.2) is 0 Å². The Morgan fingerprint density at radius 3 is 2.59 bits per heavy atom. The molecule has 0 radical (unpaired) electrons. The average Bonchev–Trinajstić information content (AvgIpc) is 3.22. The summed E-state index contributed by atoms with van der Waals surface area (Å²) in [6.45, 7) is 2.42. The Hall–Kier alpha value is -4.06. The summed E-state index contributed by atoms with van der Waals surface area (Å²) in [5.41, 5.74) is 4.53. The molecule has 0 fully saturated rings. The van der Waals surface area contributed by atoms with E-state index < -0.39 is 0 Å². The third-order valence-electron chi connectivity index (χ3n) is 5.31. The van der Waals surface area contributed by atoms with Crippen LogP contribution in [0.3, 0.4) is 0 Å². The SMILES string of the molecule is COc1ccccc1NC(=NCCc1c[nH]c2ccccc12)NC(=O)c1ccccc1C. The number of H-pyrrole nitrogens is 1. The van der Waals surface area contributed by atoms with Crippen molar-refractivity contribution in [3.63, 3.8) is 0 Å². The normalized spacial score (nSPS) is 11.4. The molecule has 0 atom stereocenters. The summed E-state index contributed by atoms with van der Waals surface area (Å²) < 4.78 is 5.43. The fraction of sp³-hybridized carbons (Fsp3) is 0.154. The van der Waals surface area contributed by atoms with Gasteiger partial charge in [-0.1, -0.05) is 48.5 Å². The lowest BCUT2D eigenvalue weighted by Crippen LogP contribution is -2.36. The molecule has 0 bridgehead atoms. The van der Waals surface area contributed by atoms with Gasteiger partial charge in [-0.3, -0.25) is 15.1 Å². The van der Waals surface area contributed by atoms with Crippen LogP contribution in [0.25, 0.3) is 10.9 Å². The van der Waals surface area contributed by atoms with Gasteiger partial charge in [0.1, 0.15) is 5.75 Å². The molecular weight excluding hydrogens is 400 g/mol. The van der Waals surface area contributed by atoms with E-state index >= 15 is 0 Å². The van der Waals surface area contributed by atoms with Gasteiger partial charge in [-0.25, -0.2) is 0 Å². The van der Waals surface area contributed by atoms with Crippen LogP contribution in [0.4, 0.5) is 5.69 Å². The summed E-state index contributed by atoms with van der Waals surface area (Å²) in [7, 11) is 1.61. The van der Waals surface area contributed by atoms with Crippen LogP contribution in [0.2, 0.25) is 0 Å². The number of nitrogens with one attached hydrogen (secondary N) is 3. The van der Waals surface area contributed by atoms with Crippen LogP contribution in [0.5, 0.6) is 5.75 Å². The lowest BCUT2D eigenvalue weighted by molar-refractivity contribution is 0.0976. The van der Waals surface area contributed by atoms with E-state index in [9.17, 15) is 4.79 Å². The number of aryl methyl sites for hydroxylation is 1. The molecule has 4 aromatic rings. The second-order valence-corrected chi connectivity index (χ2v) is 7.43. The number of nitrogens with zero attached hydrogens (tertiary/aromatic N) is 1. The average molecular weight is 427 g/mol. The number of hydrogen-bond donors (Lipinski definition) is 3. The zero-order valence-electron chi connectivity index (χ0n) is 18.2. The Balaban J connectivity index is 1.56. The quantitative estimate of drug-likeness (QED) is 0.302. The number of aromatic nitrogens is 1. The van der Waals surface area contributed by atoms with E-state index in [4.69, 9.17) is 4.74 Å². The molecule has 0 saturated carbocycles. The van der Waals surface area contributed by atoms with Crippen molar-refractivity contribution in [1.29, 1.82) is 0 Å². The number of carbonyl (C=O) groups excluding carboxylic acids is 1. The molecule has 0 aliphatic heterocycles. The second kappa shape index (κ2) is 9.83. The smallest absolute Gasteiger partial charge is 0.258 e. The molecule has 1 aromatic heterocycles. The molecule has 162 valence electrons. The van der Waals surface area contributed by atoms with Gasteiger partial charge >= 0.3 is 0 Å². The molecule has 0 saturated heterocycles. The lowest BCUT2D eigenvalue weighted by Gasteiger charge is -2.15. The Bertz CT molecular complexity index is 1260. The first kappa shape index (κ1) is 21.2. The third kappa shape index (κ3) is 4.81. The maximum Gasteiger partial charge on any atom is 0.258 e. The van der Waals surface area contributed by atoms with E-state index in [1.165, 1.54) is 10.9 Å². The summed E-state index contributed by atoms with van der Waals surface area (Å²) >= 11 is 0. The predicted octanol–water partition coefficient (Wildman–Crippen LogP) is 4.93. The van der Waals surface area contributed by atoms with Crippen molar-refractivity contribution in [2.24, 2.45) is 4.99 Å². The molecule has 1 heterocycles. The number of guanidine groups is 1. The van der Waals surface area contributed by atoms with E-state index in [-0.39, 0.29) is 5.91 Å². The van der Waals surface area contributed by atoms with Gasteiger partial charge in [-0.2, -0.15) is 0 Å². The van der Waals surface area contributed by atoms with Crippen molar-refractivity contribution in [2.45, 2.75) is 13.3 Å². The number of benzene rings is 3. The standard InChI is InChI=1S/C26H26N4O2/c1-18-9-3-4-10-20(18)25(31)30-26(29-23-13-7-8-14-24(23)32-2)27-16-15-19-17-28-22-12-6-5-11-21(19)22/h3-14,17,28H,15-16H2,1-2H3,(H2,27,29,30,31). The van der Waals surface area contributed by atoms with Crippen LogP contribution >= 0.6 is 0 Å². The summed E-state index contributed by atoms with van der Waals surface area (Å²) in [6.07, 6.45) is 2.75. The third-order valence-corrected chi connectivity index (χ3v) is 5.31. The molecule has 6 nitrogen and oxygen atoms in total. The van der Waals surface area contributed by atoms with Crippen molar-refractivity contribution in [2.75, 3.05) is 19.0 Å². The fourth-order valence-electron chi connectivity index (χ4n) is 3.61. The Morgan fingerprint density at radius 1 is 1.00 bits per heavy atom. The molecule has 0 aliphatic carbocycles. The zero-order chi connectivity index (χ0) is 22.3. The lowest BCUT2D eigenvalue weighted by atomic mass is 10.1. The molecule has 0 aliphatic rings. The van der Waals surface area contributed by atoms with Gasteiger partial charge in [-0.15, -0.1) is 0 Å². The van der Waals surface area contributed by atoms with Gasteiger partial charge in [0.05, 0.1) is 12.8 Å². The second-order valence-electron chi connectivity index (χ2n) is 7.43. The van der Waals surface area contributed by atoms with Crippen LogP contribution in [0, 0.1) is 6.92 Å². The summed E-state index contributed by atoms with van der Waals surface area (Å²) in [4.78, 5) is 20.9. The molecule has 4 rings (SSSR count). The molecule has 1 amide bonds. The first-order valence-electron chi connectivity index (χ1n) is 10.5. The van der Waals surface area contributed by atoms with Crippen LogP contribution in [0.15, 0.2) is 84.0 Å². The number of aliphatic imine (C=N–C) groups is 1. The maximum absolute atomic E-state index is 12.9. The minimum absolute atomic E-state index is 0.212.